The van der Waals surface area contributed by atoms with Crippen LogP contribution in [0.4, 0.5) is 0 Å². The third-order valence-corrected chi connectivity index (χ3v) is 5.48. The second kappa shape index (κ2) is 5.96. The fourth-order valence-electron chi connectivity index (χ4n) is 2.98. The van der Waals surface area contributed by atoms with Crippen LogP contribution in [0.25, 0.3) is 0 Å². The van der Waals surface area contributed by atoms with E-state index in [1.165, 1.54) is 12.2 Å². The summed E-state index contributed by atoms with van der Waals surface area (Å²) in [4.78, 5) is 14.5. The number of carbonyl (C=O) groups is 1. The van der Waals surface area contributed by atoms with E-state index in [0.29, 0.717) is 6.04 Å². The van der Waals surface area contributed by atoms with Gasteiger partial charge in [-0.1, -0.05) is 23.7 Å². The number of thioether (sulfide) groups is 1. The molecule has 20 heavy (non-hydrogen) atoms. The molecule has 1 N–H and O–H groups in total. The van der Waals surface area contributed by atoms with Gasteiger partial charge in [-0.25, -0.2) is 0 Å². The summed E-state index contributed by atoms with van der Waals surface area (Å²) in [5.74, 6) is 2.48. The SMILES string of the molecule is CC1NC(c2ccc(Cl)cc2)N(C2CCCSC2)C1=O. The fraction of sp³-hybridized carbons (Fsp3) is 0.533. The number of nitrogens with one attached hydrogen (secondary N) is 1. The summed E-state index contributed by atoms with van der Waals surface area (Å²) >= 11 is 7.91. The maximum Gasteiger partial charge on any atom is 0.241 e. The Kier molecular flexibility index (Phi) is 4.24. The molecule has 2 aliphatic heterocycles. The number of nitrogens with zero attached hydrogens (tertiary/aromatic N) is 1. The molecule has 2 fully saturated rings. The fourth-order valence-corrected chi connectivity index (χ4v) is 4.24. The lowest BCUT2D eigenvalue weighted by Gasteiger charge is -2.35. The van der Waals surface area contributed by atoms with Gasteiger partial charge in [-0.05, 0) is 43.2 Å². The summed E-state index contributed by atoms with van der Waals surface area (Å²) in [6.45, 7) is 1.95. The van der Waals surface area contributed by atoms with Crippen LogP contribution in [0.3, 0.4) is 0 Å². The average Bonchev–Trinajstić information content (AvgIpc) is 2.77. The smallest absolute Gasteiger partial charge is 0.241 e. The van der Waals surface area contributed by atoms with Crippen molar-refractivity contribution < 1.29 is 4.79 Å². The van der Waals surface area contributed by atoms with Crippen LogP contribution in [0.15, 0.2) is 24.3 Å². The Hall–Kier alpha value is -0.710. The van der Waals surface area contributed by atoms with Crippen LogP contribution in [0.2, 0.25) is 5.02 Å². The minimum atomic E-state index is -0.109. The van der Waals surface area contributed by atoms with Crippen LogP contribution in [0.5, 0.6) is 0 Å². The molecule has 5 heteroatoms. The molecule has 1 amide bonds. The van der Waals surface area contributed by atoms with Crippen molar-refractivity contribution in [1.82, 2.24) is 10.2 Å². The van der Waals surface area contributed by atoms with Crippen molar-refractivity contribution in [2.45, 2.75) is 38.0 Å². The Morgan fingerprint density at radius 2 is 2.10 bits per heavy atom. The molecule has 2 saturated heterocycles. The van der Waals surface area contributed by atoms with Crippen molar-refractivity contribution in [3.63, 3.8) is 0 Å². The van der Waals surface area contributed by atoms with E-state index in [2.05, 4.69) is 10.2 Å². The van der Waals surface area contributed by atoms with Crippen molar-refractivity contribution in [3.8, 4) is 0 Å². The molecule has 1 aromatic carbocycles. The molecular weight excluding hydrogens is 292 g/mol. The molecule has 3 unspecified atom stereocenters. The maximum absolute atomic E-state index is 12.5. The van der Waals surface area contributed by atoms with Gasteiger partial charge in [-0.15, -0.1) is 0 Å². The van der Waals surface area contributed by atoms with Gasteiger partial charge < -0.3 is 4.90 Å². The number of hydrogen-bond donors (Lipinski definition) is 1. The topological polar surface area (TPSA) is 32.3 Å². The minimum absolute atomic E-state index is 0.0153. The zero-order valence-electron chi connectivity index (χ0n) is 11.5. The highest BCUT2D eigenvalue weighted by molar-refractivity contribution is 7.99. The third-order valence-electron chi connectivity index (χ3n) is 4.03. The monoisotopic (exact) mass is 310 g/mol. The highest BCUT2D eigenvalue weighted by Crippen LogP contribution is 2.33. The first-order valence-corrected chi connectivity index (χ1v) is 8.61. The summed E-state index contributed by atoms with van der Waals surface area (Å²) in [6.07, 6.45) is 2.29. The predicted octanol–water partition coefficient (Wildman–Crippen LogP) is 3.05. The number of carbonyl (C=O) groups excluding carboxylic acids is 1. The Morgan fingerprint density at radius 3 is 2.75 bits per heavy atom. The van der Waals surface area contributed by atoms with Gasteiger partial charge in [0.15, 0.2) is 0 Å². The number of rotatable bonds is 2. The second-order valence-corrected chi connectivity index (χ2v) is 7.05. The molecule has 0 saturated carbocycles. The normalized spacial score (nSPS) is 30.8. The zero-order valence-corrected chi connectivity index (χ0v) is 13.1. The quantitative estimate of drug-likeness (QED) is 0.911. The molecule has 0 aromatic heterocycles. The van der Waals surface area contributed by atoms with Crippen LogP contribution < -0.4 is 5.32 Å². The molecule has 2 heterocycles. The van der Waals surface area contributed by atoms with Gasteiger partial charge in [0.25, 0.3) is 0 Å². The Morgan fingerprint density at radius 1 is 1.35 bits per heavy atom. The first-order chi connectivity index (χ1) is 9.66. The first-order valence-electron chi connectivity index (χ1n) is 7.08. The van der Waals surface area contributed by atoms with Gasteiger partial charge in [0.1, 0.15) is 6.17 Å². The zero-order chi connectivity index (χ0) is 14.1. The van der Waals surface area contributed by atoms with Crippen LogP contribution >= 0.6 is 23.4 Å². The van der Waals surface area contributed by atoms with Gasteiger partial charge in [0, 0.05) is 16.8 Å². The highest BCUT2D eigenvalue weighted by atomic mass is 35.5. The van der Waals surface area contributed by atoms with E-state index in [0.717, 1.165) is 22.8 Å². The molecule has 108 valence electrons. The van der Waals surface area contributed by atoms with E-state index in [1.54, 1.807) is 0 Å². The molecule has 3 atom stereocenters. The largest absolute Gasteiger partial charge is 0.318 e. The molecule has 1 aromatic rings. The number of halogens is 1. The lowest BCUT2D eigenvalue weighted by Crippen LogP contribution is -2.42. The van der Waals surface area contributed by atoms with E-state index in [-0.39, 0.29) is 18.1 Å². The lowest BCUT2D eigenvalue weighted by atomic mass is 10.1. The van der Waals surface area contributed by atoms with Gasteiger partial charge in [0.2, 0.25) is 5.91 Å². The summed E-state index contributed by atoms with van der Waals surface area (Å²) in [7, 11) is 0. The Bertz CT molecular complexity index is 487. The summed E-state index contributed by atoms with van der Waals surface area (Å²) in [5.41, 5.74) is 1.11. The minimum Gasteiger partial charge on any atom is -0.318 e. The number of amides is 1. The van der Waals surface area contributed by atoms with Crippen LogP contribution in [0, 0.1) is 0 Å². The van der Waals surface area contributed by atoms with Gasteiger partial charge in [0.05, 0.1) is 6.04 Å². The van der Waals surface area contributed by atoms with Gasteiger partial charge in [-0.2, -0.15) is 11.8 Å². The molecule has 0 aliphatic carbocycles. The Labute approximate surface area is 129 Å². The number of hydrogen-bond acceptors (Lipinski definition) is 3. The van der Waals surface area contributed by atoms with Crippen molar-refractivity contribution >= 4 is 29.3 Å². The summed E-state index contributed by atoms with van der Waals surface area (Å²) in [5, 5.41) is 4.14. The van der Waals surface area contributed by atoms with Crippen molar-refractivity contribution in [2.24, 2.45) is 0 Å². The van der Waals surface area contributed by atoms with Gasteiger partial charge in [-0.3, -0.25) is 10.1 Å². The van der Waals surface area contributed by atoms with Crippen LogP contribution in [-0.2, 0) is 4.79 Å². The number of benzene rings is 1. The summed E-state index contributed by atoms with van der Waals surface area (Å²) < 4.78 is 0. The first kappa shape index (κ1) is 14.2. The lowest BCUT2D eigenvalue weighted by molar-refractivity contribution is -0.131. The van der Waals surface area contributed by atoms with E-state index < -0.39 is 0 Å². The molecule has 0 spiro atoms. The van der Waals surface area contributed by atoms with E-state index >= 15 is 0 Å². The Balaban J connectivity index is 1.87. The molecular formula is C15H19ClN2OS. The third kappa shape index (κ3) is 2.69. The summed E-state index contributed by atoms with van der Waals surface area (Å²) in [6, 6.07) is 8.03. The van der Waals surface area contributed by atoms with Crippen molar-refractivity contribution in [2.75, 3.05) is 11.5 Å². The molecule has 3 nitrogen and oxygen atoms in total. The van der Waals surface area contributed by atoms with Crippen molar-refractivity contribution in [1.29, 1.82) is 0 Å². The molecule has 2 aliphatic rings. The van der Waals surface area contributed by atoms with Crippen LogP contribution in [0.1, 0.15) is 31.5 Å². The van der Waals surface area contributed by atoms with E-state index in [4.69, 9.17) is 11.6 Å². The van der Waals surface area contributed by atoms with E-state index in [9.17, 15) is 4.79 Å². The average molecular weight is 311 g/mol. The van der Waals surface area contributed by atoms with E-state index in [1.807, 2.05) is 43.0 Å². The standard InChI is InChI=1S/C15H19ClN2OS/c1-10-15(19)18(13-3-2-8-20-9-13)14(17-10)11-4-6-12(16)7-5-11/h4-7,10,13-14,17H,2-3,8-9H2,1H3. The van der Waals surface area contributed by atoms with Gasteiger partial charge >= 0.3 is 0 Å². The maximum atomic E-state index is 12.5. The second-order valence-electron chi connectivity index (χ2n) is 5.46. The molecule has 0 radical (unpaired) electrons. The highest BCUT2D eigenvalue weighted by Gasteiger charge is 2.41. The van der Waals surface area contributed by atoms with Crippen molar-refractivity contribution in [3.05, 3.63) is 34.9 Å². The molecule has 0 bridgehead atoms. The molecule has 3 rings (SSSR count). The van der Waals surface area contributed by atoms with Crippen LogP contribution in [-0.4, -0.2) is 34.4 Å². The predicted molar refractivity (Wildman–Crippen MR) is 84.0 cm³/mol.